The van der Waals surface area contributed by atoms with E-state index < -0.39 is 23.8 Å². The summed E-state index contributed by atoms with van der Waals surface area (Å²) >= 11 is 2.84. The second-order valence-electron chi connectivity index (χ2n) is 4.25. The molecule has 1 atom stereocenters. The zero-order valence-corrected chi connectivity index (χ0v) is 11.8. The van der Waals surface area contributed by atoms with Crippen molar-refractivity contribution in [3.8, 4) is 0 Å². The van der Waals surface area contributed by atoms with Crippen LogP contribution < -0.4 is 10.6 Å². The monoisotopic (exact) mass is 352 g/mol. The number of halogens is 4. The third-order valence-electron chi connectivity index (χ3n) is 2.76. The molecule has 2 rings (SSSR count). The van der Waals surface area contributed by atoms with Gasteiger partial charge in [-0.2, -0.15) is 13.2 Å². The summed E-state index contributed by atoms with van der Waals surface area (Å²) in [6.07, 6.45) is -5.18. The second-order valence-corrected chi connectivity index (χ2v) is 5.10. The number of morpholine rings is 1. The molecule has 8 heteroatoms. The predicted molar refractivity (Wildman–Crippen MR) is 70.4 cm³/mol. The fourth-order valence-corrected chi connectivity index (χ4v) is 2.25. The van der Waals surface area contributed by atoms with Crippen molar-refractivity contribution in [2.75, 3.05) is 25.0 Å². The number of anilines is 1. The van der Waals surface area contributed by atoms with E-state index in [2.05, 4.69) is 26.6 Å². The summed E-state index contributed by atoms with van der Waals surface area (Å²) in [5, 5.41) is 5.40. The summed E-state index contributed by atoms with van der Waals surface area (Å²) in [4.78, 5) is 11.8. The van der Waals surface area contributed by atoms with Crippen LogP contribution in [-0.2, 0) is 15.7 Å². The van der Waals surface area contributed by atoms with Crippen molar-refractivity contribution in [1.29, 1.82) is 0 Å². The Morgan fingerprint density at radius 1 is 1.45 bits per heavy atom. The number of hydrogen-bond acceptors (Lipinski definition) is 3. The zero-order valence-electron chi connectivity index (χ0n) is 10.3. The van der Waals surface area contributed by atoms with E-state index in [9.17, 15) is 18.0 Å². The summed E-state index contributed by atoms with van der Waals surface area (Å²) in [5.41, 5.74) is -0.752. The first-order valence-corrected chi connectivity index (χ1v) is 6.67. The van der Waals surface area contributed by atoms with Gasteiger partial charge in [0.25, 0.3) is 5.91 Å². The number of amides is 1. The van der Waals surface area contributed by atoms with Crippen molar-refractivity contribution in [3.63, 3.8) is 0 Å². The molecule has 0 bridgehead atoms. The highest BCUT2D eigenvalue weighted by molar-refractivity contribution is 9.10. The summed E-state index contributed by atoms with van der Waals surface area (Å²) in [6, 6.07) is 3.53. The molecule has 2 N–H and O–H groups in total. The Hall–Kier alpha value is -1.12. The number of hydrogen-bond donors (Lipinski definition) is 2. The van der Waals surface area contributed by atoms with Crippen molar-refractivity contribution in [3.05, 3.63) is 28.2 Å². The molecule has 1 aliphatic rings. The first kappa shape index (κ1) is 15.3. The first-order chi connectivity index (χ1) is 9.38. The van der Waals surface area contributed by atoms with Gasteiger partial charge < -0.3 is 15.4 Å². The largest absolute Gasteiger partial charge is 0.417 e. The first-order valence-electron chi connectivity index (χ1n) is 5.88. The molecule has 1 fully saturated rings. The number of ether oxygens (including phenoxy) is 1. The fourth-order valence-electron chi connectivity index (χ4n) is 1.78. The third kappa shape index (κ3) is 3.71. The number of rotatable bonds is 2. The quantitative estimate of drug-likeness (QED) is 0.859. The molecule has 20 heavy (non-hydrogen) atoms. The van der Waals surface area contributed by atoms with Gasteiger partial charge >= 0.3 is 6.18 Å². The van der Waals surface area contributed by atoms with Crippen molar-refractivity contribution >= 4 is 27.5 Å². The van der Waals surface area contributed by atoms with Crippen LogP contribution in [0.3, 0.4) is 0 Å². The van der Waals surface area contributed by atoms with Gasteiger partial charge in [0.05, 0.1) is 12.2 Å². The lowest BCUT2D eigenvalue weighted by atomic mass is 10.2. The van der Waals surface area contributed by atoms with Gasteiger partial charge in [0.2, 0.25) is 0 Å². The lowest BCUT2D eigenvalue weighted by Gasteiger charge is -2.23. The Kier molecular flexibility index (Phi) is 4.66. The van der Waals surface area contributed by atoms with E-state index in [-0.39, 0.29) is 10.2 Å². The van der Waals surface area contributed by atoms with Crippen molar-refractivity contribution in [2.24, 2.45) is 0 Å². The lowest BCUT2D eigenvalue weighted by Crippen LogP contribution is -2.45. The van der Waals surface area contributed by atoms with E-state index in [1.807, 2.05) is 0 Å². The Morgan fingerprint density at radius 2 is 2.20 bits per heavy atom. The van der Waals surface area contributed by atoms with Crippen LogP contribution in [0.5, 0.6) is 0 Å². The van der Waals surface area contributed by atoms with Crippen LogP contribution >= 0.6 is 15.9 Å². The Bertz CT molecular complexity index is 502. The smallest absolute Gasteiger partial charge is 0.366 e. The SMILES string of the molecule is O=C(Nc1ccc(Br)c(C(F)(F)F)c1)C1CNCCO1. The molecule has 4 nitrogen and oxygen atoms in total. The average Bonchev–Trinajstić information content (AvgIpc) is 2.40. The standard InChI is InChI=1S/C12H12BrF3N2O2/c13-9-2-1-7(5-8(9)12(14,15)16)18-11(19)10-6-17-3-4-20-10/h1-2,5,10,17H,3-4,6H2,(H,18,19). The maximum Gasteiger partial charge on any atom is 0.417 e. The van der Waals surface area contributed by atoms with E-state index in [4.69, 9.17) is 4.74 Å². The highest BCUT2D eigenvalue weighted by Crippen LogP contribution is 2.36. The predicted octanol–water partition coefficient (Wildman–Crippen LogP) is 2.39. The maximum atomic E-state index is 12.7. The molecule has 0 spiro atoms. The van der Waals surface area contributed by atoms with E-state index in [0.717, 1.165) is 6.07 Å². The number of nitrogens with one attached hydrogen (secondary N) is 2. The normalized spacial score (nSPS) is 19.7. The second kappa shape index (κ2) is 6.11. The van der Waals surface area contributed by atoms with Crippen LogP contribution in [-0.4, -0.2) is 31.7 Å². The van der Waals surface area contributed by atoms with Gasteiger partial charge in [-0.3, -0.25) is 4.79 Å². The van der Waals surface area contributed by atoms with Crippen LogP contribution in [0.15, 0.2) is 22.7 Å². The summed E-state index contributed by atoms with van der Waals surface area (Å²) in [7, 11) is 0. The minimum absolute atomic E-state index is 0.0708. The van der Waals surface area contributed by atoms with Gasteiger partial charge in [0.1, 0.15) is 6.10 Å². The zero-order chi connectivity index (χ0) is 14.8. The van der Waals surface area contributed by atoms with Gasteiger partial charge in [-0.15, -0.1) is 0 Å². The lowest BCUT2D eigenvalue weighted by molar-refractivity contribution is -0.138. The number of benzene rings is 1. The molecule has 1 saturated heterocycles. The average molecular weight is 353 g/mol. The van der Waals surface area contributed by atoms with Crippen LogP contribution in [0, 0.1) is 0 Å². The molecule has 1 heterocycles. The Balaban J connectivity index is 2.11. The topological polar surface area (TPSA) is 50.4 Å². The molecule has 1 aliphatic heterocycles. The van der Waals surface area contributed by atoms with E-state index >= 15 is 0 Å². The molecule has 1 aromatic rings. The maximum absolute atomic E-state index is 12.7. The van der Waals surface area contributed by atoms with Crippen molar-refractivity contribution in [1.82, 2.24) is 5.32 Å². The minimum atomic E-state index is -4.48. The van der Waals surface area contributed by atoms with Gasteiger partial charge in [-0.25, -0.2) is 0 Å². The molecule has 1 amide bonds. The molecule has 0 aromatic heterocycles. The number of alkyl halides is 3. The van der Waals surface area contributed by atoms with Gasteiger partial charge in [-0.1, -0.05) is 15.9 Å². The van der Waals surface area contributed by atoms with Gasteiger partial charge in [0.15, 0.2) is 0 Å². The van der Waals surface area contributed by atoms with Crippen molar-refractivity contribution in [2.45, 2.75) is 12.3 Å². The molecular formula is C12H12BrF3N2O2. The molecule has 1 aromatic carbocycles. The summed E-state index contributed by atoms with van der Waals surface area (Å²) in [6.45, 7) is 1.39. The van der Waals surface area contributed by atoms with Crippen LogP contribution in [0.25, 0.3) is 0 Å². The fraction of sp³-hybridized carbons (Fsp3) is 0.417. The number of carbonyl (C=O) groups is 1. The van der Waals surface area contributed by atoms with Crippen LogP contribution in [0.1, 0.15) is 5.56 Å². The molecule has 1 unspecified atom stereocenters. The Labute approximate surface area is 121 Å². The molecule has 0 aliphatic carbocycles. The molecule has 0 saturated carbocycles. The summed E-state index contributed by atoms with van der Waals surface area (Å²) in [5.74, 6) is -0.465. The van der Waals surface area contributed by atoms with E-state index in [1.165, 1.54) is 12.1 Å². The van der Waals surface area contributed by atoms with Crippen molar-refractivity contribution < 1.29 is 22.7 Å². The third-order valence-corrected chi connectivity index (χ3v) is 3.45. The van der Waals surface area contributed by atoms with Crippen LogP contribution in [0.4, 0.5) is 18.9 Å². The molecule has 0 radical (unpaired) electrons. The summed E-state index contributed by atoms with van der Waals surface area (Å²) < 4.78 is 43.4. The minimum Gasteiger partial charge on any atom is -0.366 e. The highest BCUT2D eigenvalue weighted by Gasteiger charge is 2.33. The molecule has 110 valence electrons. The van der Waals surface area contributed by atoms with Gasteiger partial charge in [0, 0.05) is 23.2 Å². The Morgan fingerprint density at radius 3 is 2.80 bits per heavy atom. The van der Waals surface area contributed by atoms with E-state index in [1.54, 1.807) is 0 Å². The number of carbonyl (C=O) groups excluding carboxylic acids is 1. The van der Waals surface area contributed by atoms with E-state index in [0.29, 0.717) is 19.7 Å². The highest BCUT2D eigenvalue weighted by atomic mass is 79.9. The van der Waals surface area contributed by atoms with Crippen LogP contribution in [0.2, 0.25) is 0 Å². The van der Waals surface area contributed by atoms with Gasteiger partial charge in [-0.05, 0) is 18.2 Å². The molecular weight excluding hydrogens is 341 g/mol.